The normalized spacial score (nSPS) is 11.6. The number of hydrogen-bond donors (Lipinski definition) is 2. The Hall–Kier alpha value is -1.06. The van der Waals surface area contributed by atoms with Crippen molar-refractivity contribution in [2.45, 2.75) is 32.2 Å². The van der Waals surface area contributed by atoms with Crippen LogP contribution < -0.4 is 5.73 Å². The molecule has 4 heteroatoms. The van der Waals surface area contributed by atoms with Crippen molar-refractivity contribution in [1.29, 1.82) is 0 Å². The summed E-state index contributed by atoms with van der Waals surface area (Å²) in [5.41, 5.74) is 7.27. The first-order valence-electron chi connectivity index (χ1n) is 5.24. The Morgan fingerprint density at radius 1 is 1.38 bits per heavy atom. The summed E-state index contributed by atoms with van der Waals surface area (Å²) in [6, 6.07) is 6.81. The Labute approximate surface area is 102 Å². The number of unbranched alkanes of at least 4 members (excludes halogenated alkanes) is 1. The molecule has 1 rings (SSSR count). The molecule has 1 atom stereocenters. The SMILES string of the molecule is CCCC[C@H](N)c1ccc(C(=O)O)cc1.Cl. The van der Waals surface area contributed by atoms with E-state index in [1.54, 1.807) is 24.3 Å². The quantitative estimate of drug-likeness (QED) is 0.836. The summed E-state index contributed by atoms with van der Waals surface area (Å²) in [6.07, 6.45) is 3.17. The zero-order valence-electron chi connectivity index (χ0n) is 9.35. The van der Waals surface area contributed by atoms with E-state index in [1.807, 2.05) is 0 Å². The van der Waals surface area contributed by atoms with Gasteiger partial charge in [-0.2, -0.15) is 0 Å². The van der Waals surface area contributed by atoms with Crippen LogP contribution >= 0.6 is 12.4 Å². The first kappa shape index (κ1) is 14.9. The maximum atomic E-state index is 10.6. The van der Waals surface area contributed by atoms with Crippen LogP contribution in [-0.4, -0.2) is 11.1 Å². The van der Waals surface area contributed by atoms with Crippen LogP contribution in [0.3, 0.4) is 0 Å². The van der Waals surface area contributed by atoms with Crippen molar-refractivity contribution < 1.29 is 9.90 Å². The number of benzene rings is 1. The van der Waals surface area contributed by atoms with Crippen molar-refractivity contribution in [2.75, 3.05) is 0 Å². The molecule has 3 N–H and O–H groups in total. The maximum absolute atomic E-state index is 10.6. The average molecular weight is 244 g/mol. The van der Waals surface area contributed by atoms with E-state index in [2.05, 4.69) is 6.92 Å². The van der Waals surface area contributed by atoms with E-state index in [4.69, 9.17) is 10.8 Å². The van der Waals surface area contributed by atoms with E-state index < -0.39 is 5.97 Å². The average Bonchev–Trinajstić information content (AvgIpc) is 2.26. The van der Waals surface area contributed by atoms with Crippen LogP contribution in [0, 0.1) is 0 Å². The highest BCUT2D eigenvalue weighted by Crippen LogP contribution is 2.17. The predicted octanol–water partition coefficient (Wildman–Crippen LogP) is 3.00. The summed E-state index contributed by atoms with van der Waals surface area (Å²) >= 11 is 0. The van der Waals surface area contributed by atoms with Crippen LogP contribution in [0.5, 0.6) is 0 Å². The lowest BCUT2D eigenvalue weighted by atomic mass is 10.0. The largest absolute Gasteiger partial charge is 0.478 e. The molecule has 16 heavy (non-hydrogen) atoms. The Morgan fingerprint density at radius 3 is 2.38 bits per heavy atom. The van der Waals surface area contributed by atoms with Crippen LogP contribution in [0.1, 0.15) is 48.1 Å². The molecule has 0 spiro atoms. The summed E-state index contributed by atoms with van der Waals surface area (Å²) in [7, 11) is 0. The van der Waals surface area contributed by atoms with Crippen molar-refractivity contribution in [2.24, 2.45) is 5.73 Å². The van der Waals surface area contributed by atoms with Crippen LogP contribution in [0.25, 0.3) is 0 Å². The van der Waals surface area contributed by atoms with Crippen molar-refractivity contribution in [3.8, 4) is 0 Å². The molecule has 0 unspecified atom stereocenters. The van der Waals surface area contributed by atoms with E-state index in [0.717, 1.165) is 24.8 Å². The van der Waals surface area contributed by atoms with Crippen LogP contribution in [0.2, 0.25) is 0 Å². The lowest BCUT2D eigenvalue weighted by molar-refractivity contribution is 0.0697. The zero-order chi connectivity index (χ0) is 11.3. The van der Waals surface area contributed by atoms with Crippen LogP contribution in [0.4, 0.5) is 0 Å². The standard InChI is InChI=1S/C12H17NO2.ClH/c1-2-3-4-11(13)9-5-7-10(8-6-9)12(14)15;/h5-8,11H,2-4,13H2,1H3,(H,14,15);1H/t11-;/m0./s1. The van der Waals surface area contributed by atoms with E-state index in [1.165, 1.54) is 0 Å². The summed E-state index contributed by atoms with van der Waals surface area (Å²) in [5.74, 6) is -0.899. The minimum atomic E-state index is -0.899. The Kier molecular flexibility index (Phi) is 6.77. The summed E-state index contributed by atoms with van der Waals surface area (Å²) in [5, 5.41) is 8.72. The fraction of sp³-hybridized carbons (Fsp3) is 0.417. The third-order valence-corrected chi connectivity index (χ3v) is 2.45. The summed E-state index contributed by atoms with van der Waals surface area (Å²) in [4.78, 5) is 10.6. The molecule has 90 valence electrons. The number of rotatable bonds is 5. The van der Waals surface area contributed by atoms with Gasteiger partial charge in [0, 0.05) is 6.04 Å². The molecule has 1 aromatic carbocycles. The Morgan fingerprint density at radius 2 is 1.94 bits per heavy atom. The van der Waals surface area contributed by atoms with E-state index in [9.17, 15) is 4.79 Å². The highest BCUT2D eigenvalue weighted by Gasteiger charge is 2.07. The first-order chi connectivity index (χ1) is 7.15. The molecule has 0 saturated carbocycles. The second-order valence-corrected chi connectivity index (χ2v) is 3.68. The number of nitrogens with two attached hydrogens (primary N) is 1. The monoisotopic (exact) mass is 243 g/mol. The van der Waals surface area contributed by atoms with Gasteiger partial charge in [0.2, 0.25) is 0 Å². The van der Waals surface area contributed by atoms with Gasteiger partial charge in [-0.1, -0.05) is 31.9 Å². The lowest BCUT2D eigenvalue weighted by Crippen LogP contribution is -2.10. The smallest absolute Gasteiger partial charge is 0.335 e. The fourth-order valence-corrected chi connectivity index (χ4v) is 1.46. The van der Waals surface area contributed by atoms with Crippen LogP contribution in [-0.2, 0) is 0 Å². The second kappa shape index (κ2) is 7.25. The van der Waals surface area contributed by atoms with E-state index in [-0.39, 0.29) is 18.4 Å². The third-order valence-electron chi connectivity index (χ3n) is 2.45. The number of aromatic carboxylic acids is 1. The molecule has 0 fully saturated rings. The lowest BCUT2D eigenvalue weighted by Gasteiger charge is -2.11. The fourth-order valence-electron chi connectivity index (χ4n) is 1.46. The predicted molar refractivity (Wildman–Crippen MR) is 67.1 cm³/mol. The van der Waals surface area contributed by atoms with Gasteiger partial charge in [0.15, 0.2) is 0 Å². The number of carbonyl (C=O) groups is 1. The van der Waals surface area contributed by atoms with Gasteiger partial charge in [0.05, 0.1) is 5.56 Å². The van der Waals surface area contributed by atoms with Gasteiger partial charge >= 0.3 is 5.97 Å². The molecule has 0 radical (unpaired) electrons. The topological polar surface area (TPSA) is 63.3 Å². The molecule has 0 heterocycles. The van der Waals surface area contributed by atoms with Gasteiger partial charge in [-0.05, 0) is 24.1 Å². The molecular weight excluding hydrogens is 226 g/mol. The maximum Gasteiger partial charge on any atom is 0.335 e. The molecule has 1 aromatic rings. The van der Waals surface area contributed by atoms with Crippen molar-refractivity contribution >= 4 is 18.4 Å². The number of carboxylic acid groups (broad SMARTS) is 1. The molecule has 3 nitrogen and oxygen atoms in total. The highest BCUT2D eigenvalue weighted by molar-refractivity contribution is 5.87. The Balaban J connectivity index is 0.00000225. The molecule has 0 aromatic heterocycles. The van der Waals surface area contributed by atoms with Crippen molar-refractivity contribution in [1.82, 2.24) is 0 Å². The van der Waals surface area contributed by atoms with Gasteiger partial charge in [-0.3, -0.25) is 0 Å². The molecule has 0 saturated heterocycles. The van der Waals surface area contributed by atoms with Gasteiger partial charge in [-0.15, -0.1) is 12.4 Å². The van der Waals surface area contributed by atoms with Crippen LogP contribution in [0.15, 0.2) is 24.3 Å². The molecule has 0 aliphatic heterocycles. The number of hydrogen-bond acceptors (Lipinski definition) is 2. The highest BCUT2D eigenvalue weighted by atomic mass is 35.5. The first-order valence-corrected chi connectivity index (χ1v) is 5.24. The molecule has 0 aliphatic rings. The van der Waals surface area contributed by atoms with Crippen molar-refractivity contribution in [3.05, 3.63) is 35.4 Å². The minimum absolute atomic E-state index is 0. The third kappa shape index (κ3) is 4.21. The molecule has 0 bridgehead atoms. The van der Waals surface area contributed by atoms with E-state index >= 15 is 0 Å². The minimum Gasteiger partial charge on any atom is -0.478 e. The second-order valence-electron chi connectivity index (χ2n) is 3.68. The van der Waals surface area contributed by atoms with E-state index in [0.29, 0.717) is 5.56 Å². The molecule has 0 aliphatic carbocycles. The summed E-state index contributed by atoms with van der Waals surface area (Å²) in [6.45, 7) is 2.13. The Bertz CT molecular complexity index is 324. The zero-order valence-corrected chi connectivity index (χ0v) is 10.2. The van der Waals surface area contributed by atoms with Crippen molar-refractivity contribution in [3.63, 3.8) is 0 Å². The molecule has 0 amide bonds. The van der Waals surface area contributed by atoms with Gasteiger partial charge in [0.1, 0.15) is 0 Å². The van der Waals surface area contributed by atoms with Gasteiger partial charge in [0.25, 0.3) is 0 Å². The molecular formula is C12H18ClNO2. The summed E-state index contributed by atoms with van der Waals surface area (Å²) < 4.78 is 0. The number of halogens is 1. The number of carboxylic acids is 1. The van der Waals surface area contributed by atoms with Gasteiger partial charge in [-0.25, -0.2) is 4.79 Å². The van der Waals surface area contributed by atoms with Gasteiger partial charge < -0.3 is 10.8 Å².